The average molecular weight is 227 g/mol. The fourth-order valence-corrected chi connectivity index (χ4v) is 1.77. The number of hydrogen-bond acceptors (Lipinski definition) is 3. The van der Waals surface area contributed by atoms with Gasteiger partial charge in [0.2, 0.25) is 0 Å². The van der Waals surface area contributed by atoms with Crippen molar-refractivity contribution in [2.45, 2.75) is 13.5 Å². The van der Waals surface area contributed by atoms with E-state index in [-0.39, 0.29) is 0 Å². The van der Waals surface area contributed by atoms with Crippen molar-refractivity contribution in [1.29, 1.82) is 0 Å². The van der Waals surface area contributed by atoms with Crippen LogP contribution in [-0.2, 0) is 6.54 Å². The molecule has 0 saturated heterocycles. The summed E-state index contributed by atoms with van der Waals surface area (Å²) in [5, 5.41) is 0. The number of aromatic nitrogens is 1. The molecule has 0 unspecified atom stereocenters. The van der Waals surface area contributed by atoms with E-state index in [9.17, 15) is 0 Å². The third kappa shape index (κ3) is 2.75. The quantitative estimate of drug-likeness (QED) is 0.876. The van der Waals surface area contributed by atoms with Crippen LogP contribution in [0, 0.1) is 6.92 Å². The molecule has 17 heavy (non-hydrogen) atoms. The lowest BCUT2D eigenvalue weighted by molar-refractivity contribution is 0.891. The van der Waals surface area contributed by atoms with Gasteiger partial charge in [0.05, 0.1) is 0 Å². The topological polar surface area (TPSA) is 42.1 Å². The predicted molar refractivity (Wildman–Crippen MR) is 71.9 cm³/mol. The maximum atomic E-state index is 5.75. The molecule has 2 aromatic rings. The summed E-state index contributed by atoms with van der Waals surface area (Å²) in [6.45, 7) is 2.96. The molecule has 0 bridgehead atoms. The molecule has 1 aromatic heterocycles. The first-order valence-corrected chi connectivity index (χ1v) is 5.64. The summed E-state index contributed by atoms with van der Waals surface area (Å²) in [7, 11) is 2.02. The molecule has 3 nitrogen and oxygen atoms in total. The Hall–Kier alpha value is -2.03. The van der Waals surface area contributed by atoms with Crippen LogP contribution in [0.3, 0.4) is 0 Å². The first-order chi connectivity index (χ1) is 8.16. The molecule has 0 fully saturated rings. The van der Waals surface area contributed by atoms with E-state index in [1.807, 2.05) is 13.1 Å². The maximum absolute atomic E-state index is 5.75. The van der Waals surface area contributed by atoms with Crippen molar-refractivity contribution < 1.29 is 0 Å². The molecule has 0 spiro atoms. The van der Waals surface area contributed by atoms with E-state index < -0.39 is 0 Å². The lowest BCUT2D eigenvalue weighted by Gasteiger charge is -2.19. The minimum absolute atomic E-state index is 0.742. The van der Waals surface area contributed by atoms with Gasteiger partial charge in [-0.05, 0) is 24.1 Å². The molecule has 1 aromatic carbocycles. The van der Waals surface area contributed by atoms with Gasteiger partial charge in [-0.15, -0.1) is 0 Å². The Morgan fingerprint density at radius 1 is 1.24 bits per heavy atom. The van der Waals surface area contributed by atoms with E-state index in [1.54, 1.807) is 12.3 Å². The number of aryl methyl sites for hydroxylation is 1. The van der Waals surface area contributed by atoms with Crippen molar-refractivity contribution in [2.75, 3.05) is 17.7 Å². The second-order valence-corrected chi connectivity index (χ2v) is 4.23. The normalized spacial score (nSPS) is 10.2. The number of rotatable bonds is 3. The van der Waals surface area contributed by atoms with Gasteiger partial charge < -0.3 is 10.6 Å². The molecule has 88 valence electrons. The van der Waals surface area contributed by atoms with Gasteiger partial charge in [-0.3, -0.25) is 0 Å². The van der Waals surface area contributed by atoms with Crippen molar-refractivity contribution in [2.24, 2.45) is 0 Å². The first-order valence-electron chi connectivity index (χ1n) is 5.64. The minimum Gasteiger partial charge on any atom is -0.399 e. The molecule has 2 rings (SSSR count). The first kappa shape index (κ1) is 11.5. The number of nitrogens with two attached hydrogens (primary N) is 1. The standard InChI is InChI=1S/C14H17N3/c1-11-5-3-4-6-12(11)10-17(2)14-9-13(15)7-8-16-14/h3-9H,10H2,1-2H3,(H2,15,16). The van der Waals surface area contributed by atoms with Crippen LogP contribution in [0.2, 0.25) is 0 Å². The average Bonchev–Trinajstić information content (AvgIpc) is 2.32. The van der Waals surface area contributed by atoms with Crippen LogP contribution in [0.15, 0.2) is 42.6 Å². The number of pyridine rings is 1. The molecule has 0 saturated carbocycles. The third-order valence-corrected chi connectivity index (χ3v) is 2.83. The fourth-order valence-electron chi connectivity index (χ4n) is 1.77. The maximum Gasteiger partial charge on any atom is 0.130 e. The van der Waals surface area contributed by atoms with Gasteiger partial charge in [0.15, 0.2) is 0 Å². The number of hydrogen-bond donors (Lipinski definition) is 1. The van der Waals surface area contributed by atoms with E-state index in [0.717, 1.165) is 18.1 Å². The number of nitrogens with zero attached hydrogens (tertiary/aromatic N) is 2. The van der Waals surface area contributed by atoms with Gasteiger partial charge in [-0.2, -0.15) is 0 Å². The molecule has 0 amide bonds. The predicted octanol–water partition coefficient (Wildman–Crippen LogP) is 2.61. The van der Waals surface area contributed by atoms with Crippen LogP contribution in [0.1, 0.15) is 11.1 Å². The molecular weight excluding hydrogens is 210 g/mol. The Kier molecular flexibility index (Phi) is 3.28. The van der Waals surface area contributed by atoms with Crippen LogP contribution >= 0.6 is 0 Å². The SMILES string of the molecule is Cc1ccccc1CN(C)c1cc(N)ccn1. The van der Waals surface area contributed by atoms with Crippen molar-refractivity contribution in [3.05, 3.63) is 53.7 Å². The summed E-state index contributed by atoms with van der Waals surface area (Å²) < 4.78 is 0. The zero-order chi connectivity index (χ0) is 12.3. The number of anilines is 2. The van der Waals surface area contributed by atoms with E-state index in [2.05, 4.69) is 41.1 Å². The van der Waals surface area contributed by atoms with Crippen LogP contribution in [0.5, 0.6) is 0 Å². The second kappa shape index (κ2) is 4.87. The molecule has 0 aliphatic heterocycles. The van der Waals surface area contributed by atoms with Crippen LogP contribution in [0.4, 0.5) is 11.5 Å². The van der Waals surface area contributed by atoms with E-state index >= 15 is 0 Å². The van der Waals surface area contributed by atoms with Crippen molar-refractivity contribution in [3.8, 4) is 0 Å². The lowest BCUT2D eigenvalue weighted by Crippen LogP contribution is -2.18. The molecule has 0 atom stereocenters. The molecule has 2 N–H and O–H groups in total. The lowest BCUT2D eigenvalue weighted by atomic mass is 10.1. The summed E-state index contributed by atoms with van der Waals surface area (Å²) in [5.41, 5.74) is 9.09. The highest BCUT2D eigenvalue weighted by Gasteiger charge is 2.05. The summed E-state index contributed by atoms with van der Waals surface area (Å²) in [4.78, 5) is 6.41. The number of nitrogen functional groups attached to an aromatic ring is 1. The highest BCUT2D eigenvalue weighted by atomic mass is 15.2. The highest BCUT2D eigenvalue weighted by Crippen LogP contribution is 2.16. The Morgan fingerprint density at radius 3 is 2.71 bits per heavy atom. The van der Waals surface area contributed by atoms with Gasteiger partial charge >= 0.3 is 0 Å². The smallest absolute Gasteiger partial charge is 0.130 e. The molecule has 0 aliphatic carbocycles. The third-order valence-electron chi connectivity index (χ3n) is 2.83. The van der Waals surface area contributed by atoms with Crippen molar-refractivity contribution >= 4 is 11.5 Å². The minimum atomic E-state index is 0.742. The van der Waals surface area contributed by atoms with Crippen molar-refractivity contribution in [3.63, 3.8) is 0 Å². The highest BCUT2D eigenvalue weighted by molar-refractivity contribution is 5.50. The summed E-state index contributed by atoms with van der Waals surface area (Å²) in [5.74, 6) is 0.897. The molecule has 1 heterocycles. The van der Waals surface area contributed by atoms with E-state index in [4.69, 9.17) is 5.73 Å². The van der Waals surface area contributed by atoms with E-state index in [0.29, 0.717) is 0 Å². The number of benzene rings is 1. The zero-order valence-electron chi connectivity index (χ0n) is 10.2. The van der Waals surface area contributed by atoms with Crippen LogP contribution in [0.25, 0.3) is 0 Å². The summed E-state index contributed by atoms with van der Waals surface area (Å²) in [6, 6.07) is 12.1. The Labute approximate surface area is 102 Å². The summed E-state index contributed by atoms with van der Waals surface area (Å²) in [6.07, 6.45) is 1.74. The Morgan fingerprint density at radius 2 is 2.00 bits per heavy atom. The second-order valence-electron chi connectivity index (χ2n) is 4.23. The largest absolute Gasteiger partial charge is 0.399 e. The van der Waals surface area contributed by atoms with Crippen LogP contribution in [-0.4, -0.2) is 12.0 Å². The van der Waals surface area contributed by atoms with Crippen LogP contribution < -0.4 is 10.6 Å². The monoisotopic (exact) mass is 227 g/mol. The Balaban J connectivity index is 2.17. The molecular formula is C14H17N3. The van der Waals surface area contributed by atoms with Crippen molar-refractivity contribution in [1.82, 2.24) is 4.98 Å². The van der Waals surface area contributed by atoms with Gasteiger partial charge in [-0.1, -0.05) is 24.3 Å². The summed E-state index contributed by atoms with van der Waals surface area (Å²) >= 11 is 0. The van der Waals surface area contributed by atoms with E-state index in [1.165, 1.54) is 11.1 Å². The molecule has 0 radical (unpaired) electrons. The van der Waals surface area contributed by atoms with Gasteiger partial charge in [0.25, 0.3) is 0 Å². The van der Waals surface area contributed by atoms with Gasteiger partial charge in [0, 0.05) is 31.5 Å². The zero-order valence-corrected chi connectivity index (χ0v) is 10.2. The van der Waals surface area contributed by atoms with Gasteiger partial charge in [-0.25, -0.2) is 4.98 Å². The fraction of sp³-hybridized carbons (Fsp3) is 0.214. The Bertz CT molecular complexity index is 508. The van der Waals surface area contributed by atoms with Gasteiger partial charge in [0.1, 0.15) is 5.82 Å². The molecule has 3 heteroatoms. The molecule has 0 aliphatic rings.